The fourth-order valence-corrected chi connectivity index (χ4v) is 3.02. The Bertz CT molecular complexity index is 464. The number of carbonyl (C=O) groups is 1. The summed E-state index contributed by atoms with van der Waals surface area (Å²) in [4.78, 5) is 16.8. The predicted molar refractivity (Wildman–Crippen MR) is 87.7 cm³/mol. The minimum atomic E-state index is 0.195. The van der Waals surface area contributed by atoms with Crippen LogP contribution in [0, 0.1) is 0 Å². The summed E-state index contributed by atoms with van der Waals surface area (Å²) in [7, 11) is 1.94. The zero-order valence-corrected chi connectivity index (χ0v) is 13.9. The molecule has 0 atom stereocenters. The average molecular weight is 309 g/mol. The number of nitrogens with zero attached hydrogens (tertiary/aromatic N) is 2. The maximum atomic E-state index is 12.4. The Morgan fingerprint density at radius 1 is 1.29 bits per heavy atom. The van der Waals surface area contributed by atoms with Crippen LogP contribution in [0.1, 0.15) is 32.3 Å². The van der Waals surface area contributed by atoms with Gasteiger partial charge in [0.05, 0.1) is 6.42 Å². The van der Waals surface area contributed by atoms with Crippen LogP contribution in [0.4, 0.5) is 0 Å². The second-order valence-corrected chi connectivity index (χ2v) is 6.61. The molecule has 0 bridgehead atoms. The van der Waals surface area contributed by atoms with Crippen molar-refractivity contribution in [2.45, 2.75) is 45.2 Å². The smallest absolute Gasteiger partial charge is 0.226 e. The van der Waals surface area contributed by atoms with Gasteiger partial charge in [-0.05, 0) is 44.4 Å². The van der Waals surface area contributed by atoms with Gasteiger partial charge >= 0.3 is 0 Å². The third-order valence-corrected chi connectivity index (χ3v) is 4.69. The summed E-state index contributed by atoms with van der Waals surface area (Å²) in [6.07, 6.45) is 2.60. The molecule has 0 aromatic heterocycles. The summed E-state index contributed by atoms with van der Waals surface area (Å²) in [6, 6.07) is 8.50. The van der Waals surface area contributed by atoms with Crippen LogP contribution in [0.5, 0.6) is 0 Å². The molecule has 1 saturated heterocycles. The quantitative estimate of drug-likeness (QED) is 0.852. The van der Waals surface area contributed by atoms with Gasteiger partial charge in [-0.25, -0.2) is 0 Å². The number of likely N-dealkylation sites (N-methyl/N-ethyl adjacent to an activating group) is 1. The number of piperidine rings is 1. The van der Waals surface area contributed by atoms with Gasteiger partial charge in [-0.1, -0.05) is 23.7 Å². The lowest BCUT2D eigenvalue weighted by Gasteiger charge is -2.38. The highest BCUT2D eigenvalue weighted by atomic mass is 35.5. The van der Waals surface area contributed by atoms with Gasteiger partial charge in [-0.15, -0.1) is 0 Å². The van der Waals surface area contributed by atoms with Gasteiger partial charge in [0, 0.05) is 37.2 Å². The van der Waals surface area contributed by atoms with Crippen molar-refractivity contribution < 1.29 is 4.79 Å². The molecule has 3 nitrogen and oxygen atoms in total. The van der Waals surface area contributed by atoms with E-state index in [-0.39, 0.29) is 5.91 Å². The molecule has 0 spiro atoms. The summed E-state index contributed by atoms with van der Waals surface area (Å²) in [5, 5.41) is 0.709. The summed E-state index contributed by atoms with van der Waals surface area (Å²) in [5.41, 5.74) is 1.02. The Balaban J connectivity index is 1.87. The second-order valence-electron chi connectivity index (χ2n) is 6.17. The van der Waals surface area contributed by atoms with E-state index in [0.29, 0.717) is 23.5 Å². The van der Waals surface area contributed by atoms with E-state index in [4.69, 9.17) is 11.6 Å². The van der Waals surface area contributed by atoms with E-state index in [1.165, 1.54) is 0 Å². The monoisotopic (exact) mass is 308 g/mol. The summed E-state index contributed by atoms with van der Waals surface area (Å²) >= 11 is 5.87. The van der Waals surface area contributed by atoms with Gasteiger partial charge in [0.1, 0.15) is 0 Å². The van der Waals surface area contributed by atoms with Crippen molar-refractivity contribution in [3.8, 4) is 0 Å². The predicted octanol–water partition coefficient (Wildman–Crippen LogP) is 3.21. The molecule has 0 saturated carbocycles. The first-order chi connectivity index (χ1) is 9.97. The molecule has 1 amide bonds. The molecule has 1 aromatic carbocycles. The van der Waals surface area contributed by atoms with Gasteiger partial charge in [-0.2, -0.15) is 0 Å². The third-order valence-electron chi connectivity index (χ3n) is 4.44. The summed E-state index contributed by atoms with van der Waals surface area (Å²) in [6.45, 7) is 6.63. The number of amides is 1. The molecule has 0 N–H and O–H groups in total. The Morgan fingerprint density at radius 2 is 1.86 bits per heavy atom. The largest absolute Gasteiger partial charge is 0.342 e. The van der Waals surface area contributed by atoms with Crippen molar-refractivity contribution >= 4 is 17.5 Å². The molecule has 1 aliphatic rings. The SMILES string of the molecule is CC(C)N1CCC(N(C)C(=O)Cc2ccc(Cl)cc2)CC1. The molecule has 1 fully saturated rings. The van der Waals surface area contributed by atoms with E-state index >= 15 is 0 Å². The normalized spacial score (nSPS) is 17.2. The van der Waals surface area contributed by atoms with E-state index in [2.05, 4.69) is 18.7 Å². The topological polar surface area (TPSA) is 23.6 Å². The van der Waals surface area contributed by atoms with Crippen LogP contribution in [0.15, 0.2) is 24.3 Å². The van der Waals surface area contributed by atoms with Crippen molar-refractivity contribution in [3.05, 3.63) is 34.9 Å². The van der Waals surface area contributed by atoms with E-state index in [9.17, 15) is 4.79 Å². The highest BCUT2D eigenvalue weighted by molar-refractivity contribution is 6.30. The molecule has 1 aromatic rings. The molecule has 1 heterocycles. The third kappa shape index (κ3) is 4.45. The fraction of sp³-hybridized carbons (Fsp3) is 0.588. The molecule has 0 aliphatic carbocycles. The van der Waals surface area contributed by atoms with Crippen molar-refractivity contribution in [1.82, 2.24) is 9.80 Å². The Labute approximate surface area is 132 Å². The zero-order valence-electron chi connectivity index (χ0n) is 13.2. The first kappa shape index (κ1) is 16.3. The van der Waals surface area contributed by atoms with Gasteiger partial charge in [0.25, 0.3) is 0 Å². The van der Waals surface area contributed by atoms with Crippen LogP contribution in [0.25, 0.3) is 0 Å². The molecule has 116 valence electrons. The summed E-state index contributed by atoms with van der Waals surface area (Å²) < 4.78 is 0. The molecular weight excluding hydrogens is 284 g/mol. The first-order valence-corrected chi connectivity index (χ1v) is 8.09. The van der Waals surface area contributed by atoms with Crippen LogP contribution in [0.3, 0.4) is 0 Å². The molecule has 2 rings (SSSR count). The van der Waals surface area contributed by atoms with Crippen LogP contribution in [-0.4, -0.2) is 47.9 Å². The fourth-order valence-electron chi connectivity index (χ4n) is 2.89. The minimum absolute atomic E-state index is 0.195. The molecule has 4 heteroatoms. The lowest BCUT2D eigenvalue weighted by molar-refractivity contribution is -0.132. The molecule has 0 unspecified atom stereocenters. The maximum absolute atomic E-state index is 12.4. The standard InChI is InChI=1S/C17H25ClN2O/c1-13(2)20-10-8-16(9-11-20)19(3)17(21)12-14-4-6-15(18)7-5-14/h4-7,13,16H,8-12H2,1-3H3. The lowest BCUT2D eigenvalue weighted by Crippen LogP contribution is -2.47. The van der Waals surface area contributed by atoms with Crippen molar-refractivity contribution in [2.75, 3.05) is 20.1 Å². The van der Waals surface area contributed by atoms with Gasteiger partial charge in [-0.3, -0.25) is 4.79 Å². The van der Waals surface area contributed by atoms with Gasteiger partial charge in [0.2, 0.25) is 5.91 Å². The van der Waals surface area contributed by atoms with E-state index in [1.807, 2.05) is 36.2 Å². The van der Waals surface area contributed by atoms with Crippen LogP contribution < -0.4 is 0 Å². The van der Waals surface area contributed by atoms with E-state index < -0.39 is 0 Å². The van der Waals surface area contributed by atoms with E-state index in [1.54, 1.807) is 0 Å². The van der Waals surface area contributed by atoms with Crippen LogP contribution in [-0.2, 0) is 11.2 Å². The van der Waals surface area contributed by atoms with Gasteiger partial charge < -0.3 is 9.80 Å². The van der Waals surface area contributed by atoms with Crippen LogP contribution in [0.2, 0.25) is 5.02 Å². The molecule has 1 aliphatic heterocycles. The van der Waals surface area contributed by atoms with Crippen LogP contribution >= 0.6 is 11.6 Å². The average Bonchev–Trinajstić information content (AvgIpc) is 2.49. The number of halogens is 1. The second kappa shape index (κ2) is 7.28. The Morgan fingerprint density at radius 3 is 2.38 bits per heavy atom. The van der Waals surface area contributed by atoms with Gasteiger partial charge in [0.15, 0.2) is 0 Å². The number of carbonyl (C=O) groups excluding carboxylic acids is 1. The number of rotatable bonds is 4. The molecular formula is C17H25ClN2O. The van der Waals surface area contributed by atoms with E-state index in [0.717, 1.165) is 31.5 Å². The number of hydrogen-bond acceptors (Lipinski definition) is 2. The number of likely N-dealkylation sites (tertiary alicyclic amines) is 1. The highest BCUT2D eigenvalue weighted by Crippen LogP contribution is 2.18. The van der Waals surface area contributed by atoms with Crippen molar-refractivity contribution in [1.29, 1.82) is 0 Å². The lowest BCUT2D eigenvalue weighted by atomic mass is 10.0. The Hall–Kier alpha value is -1.06. The van der Waals surface area contributed by atoms with Crippen molar-refractivity contribution in [2.24, 2.45) is 0 Å². The number of hydrogen-bond donors (Lipinski definition) is 0. The molecule has 0 radical (unpaired) electrons. The highest BCUT2D eigenvalue weighted by Gasteiger charge is 2.26. The maximum Gasteiger partial charge on any atom is 0.226 e. The molecule has 21 heavy (non-hydrogen) atoms. The Kier molecular flexibility index (Phi) is 5.65. The minimum Gasteiger partial charge on any atom is -0.342 e. The van der Waals surface area contributed by atoms with Crippen molar-refractivity contribution in [3.63, 3.8) is 0 Å². The number of benzene rings is 1. The zero-order chi connectivity index (χ0) is 15.4. The summed E-state index contributed by atoms with van der Waals surface area (Å²) in [5.74, 6) is 0.195. The first-order valence-electron chi connectivity index (χ1n) is 7.71.